The molecule has 0 saturated heterocycles. The molecule has 3 aromatic carbocycles. The van der Waals surface area contributed by atoms with Crippen LogP contribution in [0, 0.1) is 0 Å². The Balaban J connectivity index is 1.99. The van der Waals surface area contributed by atoms with E-state index in [-0.39, 0.29) is 0 Å². The van der Waals surface area contributed by atoms with Crippen LogP contribution in [0.15, 0.2) is 114 Å². The minimum Gasteiger partial charge on any atom is -0.237 e. The van der Waals surface area contributed by atoms with Gasteiger partial charge in [-0.1, -0.05) is 91.0 Å². The molecule has 4 heteroatoms. The summed E-state index contributed by atoms with van der Waals surface area (Å²) in [5, 5.41) is 5.95. The summed E-state index contributed by atoms with van der Waals surface area (Å²) in [6.45, 7) is 0. The van der Waals surface area contributed by atoms with Gasteiger partial charge in [-0.25, -0.2) is 9.67 Å². The van der Waals surface area contributed by atoms with Crippen molar-refractivity contribution in [2.45, 2.75) is 5.54 Å². The van der Waals surface area contributed by atoms with Crippen molar-refractivity contribution in [1.29, 1.82) is 0 Å². The predicted molar refractivity (Wildman–Crippen MR) is 120 cm³/mol. The zero-order valence-electron chi connectivity index (χ0n) is 15.6. The van der Waals surface area contributed by atoms with Crippen LogP contribution in [-0.2, 0) is 5.54 Å². The molecule has 0 bridgehead atoms. The molecule has 2 heterocycles. The molecular weight excluding hydrogens is 422 g/mol. The van der Waals surface area contributed by atoms with Gasteiger partial charge in [0.15, 0.2) is 5.65 Å². The molecule has 0 saturated carbocycles. The van der Waals surface area contributed by atoms with Crippen LogP contribution in [0.25, 0.3) is 11.0 Å². The van der Waals surface area contributed by atoms with Gasteiger partial charge >= 0.3 is 0 Å². The molecule has 0 aliphatic rings. The average molecular weight is 440 g/mol. The van der Waals surface area contributed by atoms with Gasteiger partial charge in [0.2, 0.25) is 0 Å². The normalized spacial score (nSPS) is 11.6. The first-order chi connectivity index (χ1) is 14.3. The number of hydrogen-bond donors (Lipinski definition) is 0. The van der Waals surface area contributed by atoms with Crippen molar-refractivity contribution in [3.8, 4) is 0 Å². The van der Waals surface area contributed by atoms with Crippen molar-refractivity contribution in [1.82, 2.24) is 14.8 Å². The minimum atomic E-state index is -0.664. The Kier molecular flexibility index (Phi) is 4.49. The van der Waals surface area contributed by atoms with E-state index in [1.807, 2.05) is 41.2 Å². The number of halogens is 1. The molecule has 2 aromatic heterocycles. The average Bonchev–Trinajstić information content (AvgIpc) is 3.14. The van der Waals surface area contributed by atoms with Crippen LogP contribution in [0.5, 0.6) is 0 Å². The molecule has 0 atom stereocenters. The fourth-order valence-electron chi connectivity index (χ4n) is 4.05. The van der Waals surface area contributed by atoms with E-state index in [0.717, 1.165) is 32.3 Å². The Bertz CT molecular complexity index is 1150. The maximum atomic E-state index is 4.96. The predicted octanol–water partition coefficient (Wildman–Crippen LogP) is 6.03. The number of nitrogens with zero attached hydrogens (tertiary/aromatic N) is 3. The Labute approximate surface area is 177 Å². The molecule has 5 rings (SSSR count). The summed E-state index contributed by atoms with van der Waals surface area (Å²) in [7, 11) is 0. The van der Waals surface area contributed by atoms with Gasteiger partial charge in [-0.3, -0.25) is 0 Å². The minimum absolute atomic E-state index is 0.664. The molecule has 0 spiro atoms. The van der Waals surface area contributed by atoms with Gasteiger partial charge in [-0.2, -0.15) is 5.10 Å². The van der Waals surface area contributed by atoms with Crippen LogP contribution in [0.1, 0.15) is 16.7 Å². The quantitative estimate of drug-likeness (QED) is 0.320. The van der Waals surface area contributed by atoms with Gasteiger partial charge in [0.25, 0.3) is 0 Å². The van der Waals surface area contributed by atoms with Crippen molar-refractivity contribution < 1.29 is 0 Å². The molecule has 0 aliphatic carbocycles. The van der Waals surface area contributed by atoms with Crippen LogP contribution in [0.3, 0.4) is 0 Å². The number of fused-ring (bicyclic) bond motifs is 1. The van der Waals surface area contributed by atoms with Crippen molar-refractivity contribution >= 4 is 27.0 Å². The molecule has 0 unspecified atom stereocenters. The lowest BCUT2D eigenvalue weighted by Gasteiger charge is -2.36. The number of benzene rings is 3. The fraction of sp³-hybridized carbons (Fsp3) is 0.0400. The standard InChI is InChI=1S/C25H18BrN3/c26-23-22-17-10-18-27-24(22)29(28-23)25(19-11-4-1-5-12-19,20-13-6-2-7-14-20)21-15-8-3-9-16-21/h1-18H. The zero-order chi connectivity index (χ0) is 19.7. The van der Waals surface area contributed by atoms with E-state index in [1.165, 1.54) is 0 Å². The first kappa shape index (κ1) is 17.8. The van der Waals surface area contributed by atoms with E-state index in [4.69, 9.17) is 10.1 Å². The van der Waals surface area contributed by atoms with Gasteiger partial charge in [0.05, 0.1) is 5.39 Å². The SMILES string of the molecule is Brc1nn(C(c2ccccc2)(c2ccccc2)c2ccccc2)c2ncccc12. The fourth-order valence-corrected chi connectivity index (χ4v) is 4.52. The van der Waals surface area contributed by atoms with Crippen molar-refractivity contribution in [2.24, 2.45) is 0 Å². The molecule has 5 aromatic rings. The van der Waals surface area contributed by atoms with Crippen molar-refractivity contribution in [3.63, 3.8) is 0 Å². The van der Waals surface area contributed by atoms with E-state index in [2.05, 4.69) is 88.7 Å². The number of rotatable bonds is 4. The molecule has 29 heavy (non-hydrogen) atoms. The number of hydrogen-bond acceptors (Lipinski definition) is 2. The lowest BCUT2D eigenvalue weighted by Crippen LogP contribution is -2.38. The zero-order valence-corrected chi connectivity index (χ0v) is 17.2. The Hall–Kier alpha value is -3.24. The van der Waals surface area contributed by atoms with Crippen LogP contribution in [0.2, 0.25) is 0 Å². The largest absolute Gasteiger partial charge is 0.237 e. The van der Waals surface area contributed by atoms with Crippen molar-refractivity contribution in [2.75, 3.05) is 0 Å². The molecule has 0 fully saturated rings. The first-order valence-corrected chi connectivity index (χ1v) is 10.3. The highest BCUT2D eigenvalue weighted by Gasteiger charge is 2.41. The Morgan fingerprint density at radius 1 is 0.621 bits per heavy atom. The lowest BCUT2D eigenvalue weighted by molar-refractivity contribution is 0.470. The maximum absolute atomic E-state index is 4.96. The summed E-state index contributed by atoms with van der Waals surface area (Å²) >= 11 is 3.66. The smallest absolute Gasteiger partial charge is 0.160 e. The number of aromatic nitrogens is 3. The second-order valence-electron chi connectivity index (χ2n) is 6.89. The molecule has 140 valence electrons. The van der Waals surface area contributed by atoms with E-state index in [0.29, 0.717) is 0 Å². The summed E-state index contributed by atoms with van der Waals surface area (Å²) in [5.41, 5.74) is 3.54. The van der Waals surface area contributed by atoms with Crippen LogP contribution >= 0.6 is 15.9 Å². The van der Waals surface area contributed by atoms with Gasteiger partial charge in [-0.15, -0.1) is 0 Å². The molecule has 0 N–H and O–H groups in total. The first-order valence-electron chi connectivity index (χ1n) is 9.48. The van der Waals surface area contributed by atoms with Gasteiger partial charge in [0, 0.05) is 6.20 Å². The molecule has 0 amide bonds. The summed E-state index contributed by atoms with van der Waals surface area (Å²) in [4.78, 5) is 4.71. The highest BCUT2D eigenvalue weighted by molar-refractivity contribution is 9.10. The van der Waals surface area contributed by atoms with E-state index < -0.39 is 5.54 Å². The van der Waals surface area contributed by atoms with Crippen LogP contribution in [-0.4, -0.2) is 14.8 Å². The van der Waals surface area contributed by atoms with Crippen LogP contribution < -0.4 is 0 Å². The molecule has 0 radical (unpaired) electrons. The van der Waals surface area contributed by atoms with Gasteiger partial charge < -0.3 is 0 Å². The van der Waals surface area contributed by atoms with E-state index >= 15 is 0 Å². The lowest BCUT2D eigenvalue weighted by atomic mass is 9.77. The monoisotopic (exact) mass is 439 g/mol. The second kappa shape index (κ2) is 7.30. The van der Waals surface area contributed by atoms with Crippen molar-refractivity contribution in [3.05, 3.63) is 131 Å². The topological polar surface area (TPSA) is 30.7 Å². The highest BCUT2D eigenvalue weighted by Crippen LogP contribution is 2.42. The van der Waals surface area contributed by atoms with Gasteiger partial charge in [0.1, 0.15) is 10.1 Å². The summed E-state index contributed by atoms with van der Waals surface area (Å²) < 4.78 is 2.83. The third-order valence-electron chi connectivity index (χ3n) is 5.29. The van der Waals surface area contributed by atoms with Gasteiger partial charge in [-0.05, 0) is 44.8 Å². The van der Waals surface area contributed by atoms with E-state index in [1.54, 1.807) is 0 Å². The maximum Gasteiger partial charge on any atom is 0.160 e. The Morgan fingerprint density at radius 2 is 1.10 bits per heavy atom. The van der Waals surface area contributed by atoms with Crippen LogP contribution in [0.4, 0.5) is 0 Å². The molecule has 3 nitrogen and oxygen atoms in total. The summed E-state index contributed by atoms with van der Waals surface area (Å²) in [5.74, 6) is 0. The second-order valence-corrected chi connectivity index (χ2v) is 7.64. The molecular formula is C25H18BrN3. The summed E-state index contributed by atoms with van der Waals surface area (Å²) in [6.07, 6.45) is 1.82. The highest BCUT2D eigenvalue weighted by atomic mass is 79.9. The summed E-state index contributed by atoms with van der Waals surface area (Å²) in [6, 6.07) is 35.5. The Morgan fingerprint density at radius 3 is 1.59 bits per heavy atom. The van der Waals surface area contributed by atoms with E-state index in [9.17, 15) is 0 Å². The third-order valence-corrected chi connectivity index (χ3v) is 5.88. The number of pyridine rings is 1. The molecule has 0 aliphatic heterocycles. The third kappa shape index (κ3) is 2.79.